The molecule has 0 bridgehead atoms. The third kappa shape index (κ3) is 2.13. The van der Waals surface area contributed by atoms with Crippen LogP contribution in [-0.4, -0.2) is 22.4 Å². The van der Waals surface area contributed by atoms with Crippen molar-refractivity contribution in [2.24, 2.45) is 0 Å². The Bertz CT molecular complexity index is 625. The number of para-hydroxylation sites is 1. The van der Waals surface area contributed by atoms with Crippen LogP contribution in [0, 0.1) is 10.1 Å². The number of amides is 1. The Balaban J connectivity index is 2.58. The number of nitrogens with zero attached hydrogens (tertiary/aromatic N) is 2. The number of carbonyl (C=O) groups excluding carboxylic acids is 1. The van der Waals surface area contributed by atoms with Crippen molar-refractivity contribution in [3.63, 3.8) is 0 Å². The van der Waals surface area contributed by atoms with E-state index in [1.807, 2.05) is 0 Å². The third-order valence-electron chi connectivity index (χ3n) is 2.47. The predicted molar refractivity (Wildman–Crippen MR) is 66.4 cm³/mol. The monoisotopic (exact) mass is 245 g/mol. The van der Waals surface area contributed by atoms with Crippen molar-refractivity contribution in [1.29, 1.82) is 0 Å². The van der Waals surface area contributed by atoms with E-state index in [1.165, 1.54) is 6.07 Å². The van der Waals surface area contributed by atoms with Crippen LogP contribution in [0.4, 0.5) is 5.69 Å². The summed E-state index contributed by atoms with van der Waals surface area (Å²) in [5.74, 6) is -0.336. The smallest absolute Gasteiger partial charge is 0.295 e. The van der Waals surface area contributed by atoms with Crippen molar-refractivity contribution in [2.45, 2.75) is 6.92 Å². The van der Waals surface area contributed by atoms with Gasteiger partial charge in [-0.3, -0.25) is 14.9 Å². The zero-order chi connectivity index (χ0) is 13.1. The number of aromatic nitrogens is 1. The second-order valence-corrected chi connectivity index (χ2v) is 3.66. The largest absolute Gasteiger partial charge is 0.351 e. The van der Waals surface area contributed by atoms with Crippen LogP contribution >= 0.6 is 0 Å². The highest BCUT2D eigenvalue weighted by molar-refractivity contribution is 5.96. The first-order valence-electron chi connectivity index (χ1n) is 5.46. The van der Waals surface area contributed by atoms with Crippen LogP contribution < -0.4 is 5.32 Å². The minimum atomic E-state index is -0.503. The highest BCUT2D eigenvalue weighted by Crippen LogP contribution is 2.23. The normalized spacial score (nSPS) is 10.3. The molecule has 1 aromatic carbocycles. The average molecular weight is 245 g/mol. The van der Waals surface area contributed by atoms with Gasteiger partial charge in [0.05, 0.1) is 4.92 Å². The van der Waals surface area contributed by atoms with E-state index < -0.39 is 4.92 Å². The number of nitro groups is 1. The van der Waals surface area contributed by atoms with Gasteiger partial charge in [0.1, 0.15) is 11.2 Å². The number of nitro benzene ring substituents is 1. The lowest BCUT2D eigenvalue weighted by molar-refractivity contribution is -0.383. The molecule has 1 amide bonds. The van der Waals surface area contributed by atoms with E-state index in [-0.39, 0.29) is 22.8 Å². The Morgan fingerprint density at radius 2 is 2.17 bits per heavy atom. The maximum Gasteiger partial charge on any atom is 0.295 e. The van der Waals surface area contributed by atoms with Gasteiger partial charge in [-0.1, -0.05) is 18.2 Å². The number of non-ortho nitro benzene ring substituents is 1. The van der Waals surface area contributed by atoms with Crippen LogP contribution in [0.3, 0.4) is 0 Å². The van der Waals surface area contributed by atoms with E-state index >= 15 is 0 Å². The van der Waals surface area contributed by atoms with E-state index in [1.54, 1.807) is 31.2 Å². The van der Waals surface area contributed by atoms with Gasteiger partial charge in [-0.15, -0.1) is 0 Å². The summed E-state index contributed by atoms with van der Waals surface area (Å²) >= 11 is 0. The molecule has 0 saturated carbocycles. The van der Waals surface area contributed by atoms with Gasteiger partial charge in [-0.25, -0.2) is 4.98 Å². The molecule has 6 heteroatoms. The zero-order valence-corrected chi connectivity index (χ0v) is 9.71. The highest BCUT2D eigenvalue weighted by atomic mass is 16.6. The lowest BCUT2D eigenvalue weighted by Crippen LogP contribution is -2.23. The molecule has 18 heavy (non-hydrogen) atoms. The average Bonchev–Trinajstić information content (AvgIpc) is 2.37. The summed E-state index contributed by atoms with van der Waals surface area (Å²) < 4.78 is 0. The van der Waals surface area contributed by atoms with Crippen molar-refractivity contribution in [1.82, 2.24) is 10.3 Å². The van der Waals surface area contributed by atoms with E-state index in [0.29, 0.717) is 11.9 Å². The lowest BCUT2D eigenvalue weighted by atomic mass is 10.1. The summed E-state index contributed by atoms with van der Waals surface area (Å²) in [5, 5.41) is 14.1. The Labute approximate surface area is 103 Å². The van der Waals surface area contributed by atoms with Crippen LogP contribution in [0.1, 0.15) is 17.4 Å². The fraction of sp³-hybridized carbons (Fsp3) is 0.167. The Hall–Kier alpha value is -2.50. The topological polar surface area (TPSA) is 85.1 Å². The number of nitrogens with one attached hydrogen (secondary N) is 1. The number of carbonyl (C=O) groups is 1. The van der Waals surface area contributed by atoms with Crippen molar-refractivity contribution in [3.8, 4) is 0 Å². The van der Waals surface area contributed by atoms with Gasteiger partial charge in [0, 0.05) is 18.0 Å². The Morgan fingerprint density at radius 1 is 1.39 bits per heavy atom. The molecule has 0 aliphatic rings. The summed E-state index contributed by atoms with van der Waals surface area (Å²) in [5.41, 5.74) is 0.309. The highest BCUT2D eigenvalue weighted by Gasteiger charge is 2.15. The molecule has 1 N–H and O–H groups in total. The van der Waals surface area contributed by atoms with Crippen LogP contribution in [0.25, 0.3) is 10.9 Å². The Kier molecular flexibility index (Phi) is 3.18. The molecule has 0 atom stereocenters. The van der Waals surface area contributed by atoms with Crippen molar-refractivity contribution < 1.29 is 9.72 Å². The van der Waals surface area contributed by atoms with Crippen molar-refractivity contribution >= 4 is 22.5 Å². The maximum absolute atomic E-state index is 11.6. The van der Waals surface area contributed by atoms with E-state index in [0.717, 1.165) is 0 Å². The van der Waals surface area contributed by atoms with E-state index in [2.05, 4.69) is 10.3 Å². The predicted octanol–water partition coefficient (Wildman–Crippen LogP) is 1.89. The molecule has 1 aromatic heterocycles. The molecule has 0 aliphatic carbocycles. The molecule has 0 aliphatic heterocycles. The van der Waals surface area contributed by atoms with Gasteiger partial charge in [0.2, 0.25) is 0 Å². The maximum atomic E-state index is 11.6. The van der Waals surface area contributed by atoms with Crippen LogP contribution in [-0.2, 0) is 0 Å². The fourth-order valence-corrected chi connectivity index (χ4v) is 1.66. The molecule has 0 radical (unpaired) electrons. The summed E-state index contributed by atoms with van der Waals surface area (Å²) in [6.45, 7) is 2.27. The van der Waals surface area contributed by atoms with Gasteiger partial charge in [-0.2, -0.15) is 0 Å². The number of pyridine rings is 1. The Morgan fingerprint density at radius 3 is 2.83 bits per heavy atom. The first-order valence-corrected chi connectivity index (χ1v) is 5.46. The number of fused-ring (bicyclic) bond motifs is 1. The fourth-order valence-electron chi connectivity index (χ4n) is 1.66. The molecule has 2 rings (SSSR count). The molecule has 0 saturated heterocycles. The molecule has 2 aromatic rings. The molecule has 6 nitrogen and oxygen atoms in total. The minimum Gasteiger partial charge on any atom is -0.351 e. The molecular weight excluding hydrogens is 234 g/mol. The summed E-state index contributed by atoms with van der Waals surface area (Å²) in [4.78, 5) is 26.1. The first kappa shape index (κ1) is 12.0. The molecule has 0 fully saturated rings. The number of hydrogen-bond acceptors (Lipinski definition) is 4. The zero-order valence-electron chi connectivity index (χ0n) is 9.71. The van der Waals surface area contributed by atoms with Gasteiger partial charge in [0.15, 0.2) is 0 Å². The second kappa shape index (κ2) is 4.79. The van der Waals surface area contributed by atoms with Gasteiger partial charge < -0.3 is 5.32 Å². The van der Waals surface area contributed by atoms with Crippen LogP contribution in [0.2, 0.25) is 0 Å². The second-order valence-electron chi connectivity index (χ2n) is 3.66. The van der Waals surface area contributed by atoms with Crippen LogP contribution in [0.5, 0.6) is 0 Å². The summed E-state index contributed by atoms with van der Waals surface area (Å²) in [7, 11) is 0. The molecule has 0 unspecified atom stereocenters. The molecule has 0 spiro atoms. The van der Waals surface area contributed by atoms with Gasteiger partial charge in [0.25, 0.3) is 11.6 Å². The number of benzene rings is 1. The summed E-state index contributed by atoms with van der Waals surface area (Å²) in [6, 6.07) is 7.89. The minimum absolute atomic E-state index is 0.0985. The standard InChI is InChI=1S/C12H11N3O3/c1-2-13-12(16)9-7-6-8-4-3-5-10(15(17)18)11(8)14-9/h3-7H,2H2,1H3,(H,13,16). The molecule has 1 heterocycles. The van der Waals surface area contributed by atoms with E-state index in [4.69, 9.17) is 0 Å². The quantitative estimate of drug-likeness (QED) is 0.661. The third-order valence-corrected chi connectivity index (χ3v) is 2.47. The SMILES string of the molecule is CCNC(=O)c1ccc2cccc([N+](=O)[O-])c2n1. The van der Waals surface area contributed by atoms with E-state index in [9.17, 15) is 14.9 Å². The van der Waals surface area contributed by atoms with Gasteiger partial charge in [-0.05, 0) is 13.0 Å². The molecular formula is C12H11N3O3. The number of hydrogen-bond donors (Lipinski definition) is 1. The van der Waals surface area contributed by atoms with Crippen molar-refractivity contribution in [3.05, 3.63) is 46.1 Å². The number of rotatable bonds is 3. The van der Waals surface area contributed by atoms with Crippen molar-refractivity contribution in [2.75, 3.05) is 6.54 Å². The lowest BCUT2D eigenvalue weighted by Gasteiger charge is -2.03. The van der Waals surface area contributed by atoms with Gasteiger partial charge >= 0.3 is 0 Å². The van der Waals surface area contributed by atoms with Crippen LogP contribution in [0.15, 0.2) is 30.3 Å². The molecule has 92 valence electrons. The first-order chi connectivity index (χ1) is 8.63. The summed E-state index contributed by atoms with van der Waals surface area (Å²) in [6.07, 6.45) is 0.